The molecule has 1 amide bonds. The van der Waals surface area contributed by atoms with Crippen LogP contribution in [0.4, 0.5) is 0 Å². The molecule has 0 aliphatic carbocycles. The molecule has 3 rings (SSSR count). The summed E-state index contributed by atoms with van der Waals surface area (Å²) >= 11 is 0. The lowest BCUT2D eigenvalue weighted by molar-refractivity contribution is 0.0923. The predicted molar refractivity (Wildman–Crippen MR) is 96.2 cm³/mol. The first-order chi connectivity index (χ1) is 12.0. The van der Waals surface area contributed by atoms with Crippen LogP contribution < -0.4 is 5.32 Å². The number of carbonyl (C=O) groups excluding carboxylic acids is 1. The first-order valence-corrected chi connectivity index (χ1v) is 8.96. The fraction of sp³-hybridized carbons (Fsp3) is 0.526. The Morgan fingerprint density at radius 2 is 2.16 bits per heavy atom. The molecule has 1 fully saturated rings. The second-order valence-corrected chi connectivity index (χ2v) is 6.98. The van der Waals surface area contributed by atoms with E-state index in [1.54, 1.807) is 13.0 Å². The summed E-state index contributed by atoms with van der Waals surface area (Å²) in [7, 11) is 0. The van der Waals surface area contributed by atoms with Crippen molar-refractivity contribution >= 4 is 5.91 Å². The van der Waals surface area contributed by atoms with Crippen molar-refractivity contribution < 1.29 is 9.21 Å². The van der Waals surface area contributed by atoms with Crippen LogP contribution in [0.3, 0.4) is 0 Å². The quantitative estimate of drug-likeness (QED) is 0.904. The van der Waals surface area contributed by atoms with Gasteiger partial charge in [0.25, 0.3) is 5.91 Å². The summed E-state index contributed by atoms with van der Waals surface area (Å²) in [6, 6.07) is 7.91. The zero-order valence-corrected chi connectivity index (χ0v) is 15.2. The summed E-state index contributed by atoms with van der Waals surface area (Å²) in [5, 5.41) is 11.0. The molecule has 0 bridgehead atoms. The number of rotatable bonds is 5. The van der Waals surface area contributed by atoms with Crippen molar-refractivity contribution in [3.8, 4) is 11.5 Å². The maximum Gasteiger partial charge on any atom is 0.252 e. The van der Waals surface area contributed by atoms with Crippen LogP contribution in [0.25, 0.3) is 11.5 Å². The van der Waals surface area contributed by atoms with Gasteiger partial charge in [-0.3, -0.25) is 4.79 Å². The van der Waals surface area contributed by atoms with Gasteiger partial charge in [0, 0.05) is 26.1 Å². The Morgan fingerprint density at radius 1 is 1.36 bits per heavy atom. The SMILES string of the molecule is Cc1nnc(-c2ccccc2C(=O)NCC2CCCN(C(C)C)C2)o1. The molecule has 2 aromatic rings. The summed E-state index contributed by atoms with van der Waals surface area (Å²) < 4.78 is 5.49. The Kier molecular flexibility index (Phi) is 5.48. The van der Waals surface area contributed by atoms with Crippen molar-refractivity contribution in [1.82, 2.24) is 20.4 Å². The van der Waals surface area contributed by atoms with E-state index >= 15 is 0 Å². The number of carbonyl (C=O) groups is 1. The summed E-state index contributed by atoms with van der Waals surface area (Å²) in [5.41, 5.74) is 1.25. The minimum absolute atomic E-state index is 0.0897. The van der Waals surface area contributed by atoms with Crippen LogP contribution in [-0.2, 0) is 0 Å². The molecule has 0 saturated carbocycles. The number of nitrogens with one attached hydrogen (secondary N) is 1. The molecule has 25 heavy (non-hydrogen) atoms. The van der Waals surface area contributed by atoms with E-state index < -0.39 is 0 Å². The second kappa shape index (κ2) is 7.78. The molecule has 134 valence electrons. The minimum atomic E-state index is -0.0897. The molecule has 1 aromatic heterocycles. The number of hydrogen-bond donors (Lipinski definition) is 1. The van der Waals surface area contributed by atoms with Gasteiger partial charge >= 0.3 is 0 Å². The average molecular weight is 342 g/mol. The van der Waals surface area contributed by atoms with Gasteiger partial charge in [0.1, 0.15) is 0 Å². The van der Waals surface area contributed by atoms with Crippen LogP contribution in [-0.4, -0.2) is 46.7 Å². The first kappa shape index (κ1) is 17.6. The molecule has 1 atom stereocenters. The normalized spacial score (nSPS) is 18.5. The molecule has 1 N–H and O–H groups in total. The van der Waals surface area contributed by atoms with Gasteiger partial charge in [0.15, 0.2) is 0 Å². The van der Waals surface area contributed by atoms with Crippen molar-refractivity contribution in [2.24, 2.45) is 5.92 Å². The van der Waals surface area contributed by atoms with Gasteiger partial charge in [0.05, 0.1) is 11.1 Å². The molecule has 1 aliphatic rings. The van der Waals surface area contributed by atoms with Gasteiger partial charge in [-0.1, -0.05) is 12.1 Å². The van der Waals surface area contributed by atoms with Crippen LogP contribution >= 0.6 is 0 Å². The summed E-state index contributed by atoms with van der Waals surface area (Å²) in [4.78, 5) is 15.2. The molecule has 1 unspecified atom stereocenters. The highest BCUT2D eigenvalue weighted by molar-refractivity contribution is 5.99. The molecule has 0 radical (unpaired) electrons. The third kappa shape index (κ3) is 4.25. The lowest BCUT2D eigenvalue weighted by Crippen LogP contribution is -2.43. The molecule has 6 nitrogen and oxygen atoms in total. The van der Waals surface area contributed by atoms with E-state index in [1.807, 2.05) is 18.2 Å². The summed E-state index contributed by atoms with van der Waals surface area (Å²) in [5.74, 6) is 1.28. The summed E-state index contributed by atoms with van der Waals surface area (Å²) in [6.45, 7) is 9.08. The van der Waals surface area contributed by atoms with Gasteiger partial charge < -0.3 is 14.6 Å². The Morgan fingerprint density at radius 3 is 2.88 bits per heavy atom. The van der Waals surface area contributed by atoms with Crippen molar-refractivity contribution in [3.63, 3.8) is 0 Å². The second-order valence-electron chi connectivity index (χ2n) is 6.98. The first-order valence-electron chi connectivity index (χ1n) is 8.96. The third-order valence-electron chi connectivity index (χ3n) is 4.76. The van der Waals surface area contributed by atoms with Crippen LogP contribution in [0, 0.1) is 12.8 Å². The van der Waals surface area contributed by atoms with Gasteiger partial charge in [-0.15, -0.1) is 10.2 Å². The van der Waals surface area contributed by atoms with Crippen molar-refractivity contribution in [1.29, 1.82) is 0 Å². The van der Waals surface area contributed by atoms with E-state index in [-0.39, 0.29) is 5.91 Å². The van der Waals surface area contributed by atoms with Crippen LogP contribution in [0.15, 0.2) is 28.7 Å². The predicted octanol–water partition coefficient (Wildman–Crippen LogP) is 2.90. The zero-order valence-electron chi connectivity index (χ0n) is 15.2. The Bertz CT molecular complexity index is 726. The molecule has 1 saturated heterocycles. The van der Waals surface area contributed by atoms with E-state index in [2.05, 4.69) is 34.3 Å². The third-order valence-corrected chi connectivity index (χ3v) is 4.76. The van der Waals surface area contributed by atoms with Gasteiger partial charge in [-0.05, 0) is 51.3 Å². The van der Waals surface area contributed by atoms with Crippen LogP contribution in [0.1, 0.15) is 42.9 Å². The van der Waals surface area contributed by atoms with E-state index in [1.165, 1.54) is 6.42 Å². The maximum atomic E-state index is 12.7. The molecule has 1 aliphatic heterocycles. The number of benzene rings is 1. The van der Waals surface area contributed by atoms with Crippen LogP contribution in [0.2, 0.25) is 0 Å². The van der Waals surface area contributed by atoms with Crippen LogP contribution in [0.5, 0.6) is 0 Å². The lowest BCUT2D eigenvalue weighted by atomic mass is 9.96. The number of amides is 1. The average Bonchev–Trinajstić information content (AvgIpc) is 3.06. The van der Waals surface area contributed by atoms with E-state index in [0.29, 0.717) is 41.4 Å². The van der Waals surface area contributed by atoms with E-state index in [0.717, 1.165) is 19.5 Å². The Balaban J connectivity index is 1.66. The topological polar surface area (TPSA) is 71.3 Å². The zero-order chi connectivity index (χ0) is 17.8. The van der Waals surface area contributed by atoms with E-state index in [4.69, 9.17) is 4.42 Å². The number of nitrogens with zero attached hydrogens (tertiary/aromatic N) is 3. The van der Waals surface area contributed by atoms with Crippen molar-refractivity contribution in [2.45, 2.75) is 39.7 Å². The highest BCUT2D eigenvalue weighted by Gasteiger charge is 2.23. The smallest absolute Gasteiger partial charge is 0.252 e. The fourth-order valence-corrected chi connectivity index (χ4v) is 3.34. The molecule has 6 heteroatoms. The summed E-state index contributed by atoms with van der Waals surface area (Å²) in [6.07, 6.45) is 2.35. The number of aryl methyl sites for hydroxylation is 1. The Labute approximate surface area is 148 Å². The highest BCUT2D eigenvalue weighted by atomic mass is 16.4. The standard InChI is InChI=1S/C19H26N4O2/c1-13(2)23-10-6-7-15(12-23)11-20-18(24)16-8-4-5-9-17(16)19-22-21-14(3)25-19/h4-5,8-9,13,15H,6-7,10-12H2,1-3H3,(H,20,24). The molecule has 0 spiro atoms. The molecule has 1 aromatic carbocycles. The van der Waals surface area contributed by atoms with Gasteiger partial charge in [-0.25, -0.2) is 0 Å². The van der Waals surface area contributed by atoms with Crippen molar-refractivity contribution in [2.75, 3.05) is 19.6 Å². The number of aromatic nitrogens is 2. The molecule has 2 heterocycles. The minimum Gasteiger partial charge on any atom is -0.421 e. The number of piperidine rings is 1. The van der Waals surface area contributed by atoms with Crippen molar-refractivity contribution in [3.05, 3.63) is 35.7 Å². The lowest BCUT2D eigenvalue weighted by Gasteiger charge is -2.35. The highest BCUT2D eigenvalue weighted by Crippen LogP contribution is 2.23. The molecular weight excluding hydrogens is 316 g/mol. The maximum absolute atomic E-state index is 12.7. The Hall–Kier alpha value is -2.21. The monoisotopic (exact) mass is 342 g/mol. The molecular formula is C19H26N4O2. The van der Waals surface area contributed by atoms with Gasteiger partial charge in [0.2, 0.25) is 11.8 Å². The number of hydrogen-bond acceptors (Lipinski definition) is 5. The van der Waals surface area contributed by atoms with E-state index in [9.17, 15) is 4.79 Å². The fourth-order valence-electron chi connectivity index (χ4n) is 3.34. The largest absolute Gasteiger partial charge is 0.421 e. The van der Waals surface area contributed by atoms with Gasteiger partial charge in [-0.2, -0.15) is 0 Å². The number of likely N-dealkylation sites (tertiary alicyclic amines) is 1.